The normalized spacial score (nSPS) is 10.9. The van der Waals surface area contributed by atoms with Crippen molar-refractivity contribution in [3.8, 4) is 10.6 Å². The minimum absolute atomic E-state index is 0.0328. The molecule has 0 fully saturated rings. The molecule has 0 bridgehead atoms. The fourth-order valence-electron chi connectivity index (χ4n) is 1.96. The van der Waals surface area contributed by atoms with Gasteiger partial charge in [-0.25, -0.2) is 4.98 Å². The molecule has 0 unspecified atom stereocenters. The largest absolute Gasteiger partial charge is 0.392 e. The molecule has 20 heavy (non-hydrogen) atoms. The highest BCUT2D eigenvalue weighted by Crippen LogP contribution is 2.30. The summed E-state index contributed by atoms with van der Waals surface area (Å²) < 4.78 is 1.03. The molecular formula is C15H12N2O2S. The molecule has 0 aliphatic carbocycles. The van der Waals surface area contributed by atoms with E-state index in [9.17, 15) is 4.79 Å². The maximum Gasteiger partial charge on any atom is 0.159 e. The van der Waals surface area contributed by atoms with Gasteiger partial charge in [0.2, 0.25) is 0 Å². The zero-order valence-electron chi connectivity index (χ0n) is 10.8. The first-order valence-electron chi connectivity index (χ1n) is 6.14. The molecule has 0 saturated heterocycles. The van der Waals surface area contributed by atoms with E-state index in [-0.39, 0.29) is 12.4 Å². The molecule has 5 heteroatoms. The van der Waals surface area contributed by atoms with Crippen LogP contribution in [0.5, 0.6) is 0 Å². The summed E-state index contributed by atoms with van der Waals surface area (Å²) in [6, 6.07) is 7.41. The lowest BCUT2D eigenvalue weighted by Crippen LogP contribution is -1.90. The number of ketones is 1. The standard InChI is InChI=1S/C15H12N2O2S/c1-9(19)11-2-3-14-13(5-11)17-15(20-14)12-4-10(8-18)6-16-7-12/h2-7,18H,8H2,1H3. The van der Waals surface area contributed by atoms with Gasteiger partial charge < -0.3 is 5.11 Å². The molecule has 1 aromatic carbocycles. The van der Waals surface area contributed by atoms with Crippen molar-refractivity contribution in [2.75, 3.05) is 0 Å². The summed E-state index contributed by atoms with van der Waals surface area (Å²) in [6.45, 7) is 1.50. The average molecular weight is 284 g/mol. The van der Waals surface area contributed by atoms with Crippen LogP contribution >= 0.6 is 11.3 Å². The first-order valence-corrected chi connectivity index (χ1v) is 6.95. The van der Waals surface area contributed by atoms with E-state index in [1.165, 1.54) is 0 Å². The summed E-state index contributed by atoms with van der Waals surface area (Å²) in [5.41, 5.74) is 3.11. The maximum absolute atomic E-state index is 11.4. The fraction of sp³-hybridized carbons (Fsp3) is 0.133. The summed E-state index contributed by atoms with van der Waals surface area (Å²) in [5, 5.41) is 9.99. The van der Waals surface area contributed by atoms with E-state index in [0.29, 0.717) is 5.56 Å². The van der Waals surface area contributed by atoms with Gasteiger partial charge >= 0.3 is 0 Å². The molecule has 1 N–H and O–H groups in total. The van der Waals surface area contributed by atoms with Gasteiger partial charge in [-0.2, -0.15) is 0 Å². The van der Waals surface area contributed by atoms with Crippen LogP contribution in [-0.2, 0) is 6.61 Å². The summed E-state index contributed by atoms with van der Waals surface area (Å²) in [6.07, 6.45) is 3.35. The highest BCUT2D eigenvalue weighted by molar-refractivity contribution is 7.21. The first kappa shape index (κ1) is 12.9. The number of aliphatic hydroxyl groups excluding tert-OH is 1. The Labute approximate surface area is 119 Å². The first-order chi connectivity index (χ1) is 9.67. The molecule has 0 radical (unpaired) electrons. The Balaban J connectivity index is 2.10. The quantitative estimate of drug-likeness (QED) is 0.751. The number of hydrogen-bond acceptors (Lipinski definition) is 5. The summed E-state index contributed by atoms with van der Waals surface area (Å²) >= 11 is 1.55. The van der Waals surface area contributed by atoms with Crippen molar-refractivity contribution < 1.29 is 9.90 Å². The SMILES string of the molecule is CC(=O)c1ccc2sc(-c3cncc(CO)c3)nc2c1. The van der Waals surface area contributed by atoms with E-state index in [0.717, 1.165) is 26.4 Å². The molecule has 100 valence electrons. The summed E-state index contributed by atoms with van der Waals surface area (Å²) in [7, 11) is 0. The maximum atomic E-state index is 11.4. The average Bonchev–Trinajstić information content (AvgIpc) is 2.90. The van der Waals surface area contributed by atoms with Gasteiger partial charge in [0.25, 0.3) is 0 Å². The van der Waals surface area contributed by atoms with Crippen molar-refractivity contribution in [1.29, 1.82) is 0 Å². The van der Waals surface area contributed by atoms with Gasteiger partial charge in [0.1, 0.15) is 5.01 Å². The summed E-state index contributed by atoms with van der Waals surface area (Å²) in [5.74, 6) is 0.0328. The zero-order valence-corrected chi connectivity index (χ0v) is 11.6. The second-order valence-electron chi connectivity index (χ2n) is 4.50. The number of hydrogen-bond donors (Lipinski definition) is 1. The minimum atomic E-state index is -0.0414. The number of thiazole rings is 1. The monoisotopic (exact) mass is 284 g/mol. The lowest BCUT2D eigenvalue weighted by atomic mass is 10.1. The second-order valence-corrected chi connectivity index (χ2v) is 5.53. The number of nitrogens with zero attached hydrogens (tertiary/aromatic N) is 2. The minimum Gasteiger partial charge on any atom is -0.392 e. The third kappa shape index (κ3) is 2.33. The number of pyridine rings is 1. The van der Waals surface area contributed by atoms with Crippen molar-refractivity contribution in [2.24, 2.45) is 0 Å². The molecule has 3 rings (SSSR count). The molecule has 0 aliphatic rings. The number of Topliss-reactive ketones (excluding diaryl/α,β-unsaturated/α-hetero) is 1. The van der Waals surface area contributed by atoms with Crippen LogP contribution in [-0.4, -0.2) is 20.9 Å². The molecule has 4 nitrogen and oxygen atoms in total. The molecule has 0 aliphatic heterocycles. The Hall–Kier alpha value is -2.11. The van der Waals surface area contributed by atoms with Crippen LogP contribution in [0.3, 0.4) is 0 Å². The Morgan fingerprint density at radius 3 is 2.90 bits per heavy atom. The number of carbonyl (C=O) groups is 1. The smallest absolute Gasteiger partial charge is 0.159 e. The molecular weight excluding hydrogens is 272 g/mol. The van der Waals surface area contributed by atoms with E-state index in [1.54, 1.807) is 36.7 Å². The van der Waals surface area contributed by atoms with Crippen molar-refractivity contribution >= 4 is 27.3 Å². The topological polar surface area (TPSA) is 63.1 Å². The predicted molar refractivity (Wildman–Crippen MR) is 78.8 cm³/mol. The second kappa shape index (κ2) is 5.11. The molecule has 0 saturated carbocycles. The lowest BCUT2D eigenvalue weighted by Gasteiger charge is -1.98. The number of aromatic nitrogens is 2. The van der Waals surface area contributed by atoms with Crippen LogP contribution in [0.25, 0.3) is 20.8 Å². The Bertz CT molecular complexity index is 795. The van der Waals surface area contributed by atoms with Crippen LogP contribution in [0, 0.1) is 0 Å². The Morgan fingerprint density at radius 1 is 1.30 bits per heavy atom. The van der Waals surface area contributed by atoms with Crippen LogP contribution in [0.1, 0.15) is 22.8 Å². The van der Waals surface area contributed by atoms with Crippen molar-refractivity contribution in [1.82, 2.24) is 9.97 Å². The predicted octanol–water partition coefficient (Wildman–Crippen LogP) is 3.05. The van der Waals surface area contributed by atoms with Crippen LogP contribution < -0.4 is 0 Å². The molecule has 0 amide bonds. The van der Waals surface area contributed by atoms with Crippen molar-refractivity contribution in [2.45, 2.75) is 13.5 Å². The molecule has 2 heterocycles. The van der Waals surface area contributed by atoms with Crippen LogP contribution in [0.15, 0.2) is 36.7 Å². The molecule has 3 aromatic rings. The van der Waals surface area contributed by atoms with Crippen LogP contribution in [0.2, 0.25) is 0 Å². The van der Waals surface area contributed by atoms with Crippen molar-refractivity contribution in [3.05, 3.63) is 47.8 Å². The van der Waals surface area contributed by atoms with Gasteiger partial charge in [-0.3, -0.25) is 9.78 Å². The molecule has 0 spiro atoms. The van der Waals surface area contributed by atoms with E-state index in [2.05, 4.69) is 9.97 Å². The highest BCUT2D eigenvalue weighted by atomic mass is 32.1. The van der Waals surface area contributed by atoms with Gasteiger partial charge in [0, 0.05) is 23.5 Å². The lowest BCUT2D eigenvalue weighted by molar-refractivity contribution is 0.101. The highest BCUT2D eigenvalue weighted by Gasteiger charge is 2.09. The van der Waals surface area contributed by atoms with Crippen LogP contribution in [0.4, 0.5) is 0 Å². The number of aliphatic hydroxyl groups is 1. The van der Waals surface area contributed by atoms with Gasteiger partial charge in [-0.1, -0.05) is 0 Å². The number of benzene rings is 1. The van der Waals surface area contributed by atoms with E-state index in [1.807, 2.05) is 18.2 Å². The van der Waals surface area contributed by atoms with Gasteiger partial charge in [-0.05, 0) is 36.8 Å². The fourth-order valence-corrected chi connectivity index (χ4v) is 2.89. The van der Waals surface area contributed by atoms with Gasteiger partial charge in [-0.15, -0.1) is 11.3 Å². The van der Waals surface area contributed by atoms with Crippen molar-refractivity contribution in [3.63, 3.8) is 0 Å². The van der Waals surface area contributed by atoms with E-state index >= 15 is 0 Å². The van der Waals surface area contributed by atoms with E-state index < -0.39 is 0 Å². The number of carbonyl (C=O) groups excluding carboxylic acids is 1. The number of fused-ring (bicyclic) bond motifs is 1. The Morgan fingerprint density at radius 2 is 2.15 bits per heavy atom. The summed E-state index contributed by atoms with van der Waals surface area (Å²) in [4.78, 5) is 20.0. The zero-order chi connectivity index (χ0) is 14.1. The third-order valence-electron chi connectivity index (χ3n) is 3.02. The van der Waals surface area contributed by atoms with Gasteiger partial charge in [0.05, 0.1) is 16.8 Å². The Kier molecular flexibility index (Phi) is 3.30. The molecule has 0 atom stereocenters. The van der Waals surface area contributed by atoms with Gasteiger partial charge in [0.15, 0.2) is 5.78 Å². The van der Waals surface area contributed by atoms with E-state index in [4.69, 9.17) is 5.11 Å². The number of rotatable bonds is 3. The third-order valence-corrected chi connectivity index (χ3v) is 4.10. The molecule has 2 aromatic heterocycles.